The van der Waals surface area contributed by atoms with Crippen LogP contribution in [0.25, 0.3) is 0 Å². The summed E-state index contributed by atoms with van der Waals surface area (Å²) >= 11 is 4.37. The average molecular weight is 198 g/mol. The third kappa shape index (κ3) is 4.09. The topological polar surface area (TPSA) is 87.5 Å². The molecule has 0 atom stereocenters. The van der Waals surface area contributed by atoms with Crippen LogP contribution >= 0.6 is 12.2 Å². The van der Waals surface area contributed by atoms with Crippen molar-refractivity contribution >= 4 is 27.5 Å². The van der Waals surface area contributed by atoms with Gasteiger partial charge in [0.25, 0.3) is 10.2 Å². The molecule has 0 aliphatic carbocycles. The molecule has 0 bridgehead atoms. The maximum absolute atomic E-state index is 10.9. The number of hydrazine groups is 1. The first-order valence-electron chi connectivity index (χ1n) is 2.61. The molecular formula is C3H10N4O2S2. The molecule has 8 heteroatoms. The van der Waals surface area contributed by atoms with Gasteiger partial charge in [-0.3, -0.25) is 5.43 Å². The third-order valence-corrected chi connectivity index (χ3v) is 2.21. The quantitative estimate of drug-likeness (QED) is 0.365. The van der Waals surface area contributed by atoms with E-state index < -0.39 is 10.2 Å². The second kappa shape index (κ2) is 3.81. The highest BCUT2D eigenvalue weighted by atomic mass is 32.2. The second-order valence-electron chi connectivity index (χ2n) is 1.88. The largest absolute Gasteiger partial charge is 0.375 e. The van der Waals surface area contributed by atoms with E-state index >= 15 is 0 Å². The van der Waals surface area contributed by atoms with Crippen molar-refractivity contribution in [2.75, 3.05) is 14.1 Å². The number of thiocarbonyl (C=S) groups is 1. The first kappa shape index (κ1) is 10.6. The highest BCUT2D eigenvalue weighted by molar-refractivity contribution is 7.87. The fourth-order valence-corrected chi connectivity index (χ4v) is 0.743. The zero-order valence-electron chi connectivity index (χ0n) is 6.16. The van der Waals surface area contributed by atoms with Gasteiger partial charge < -0.3 is 5.73 Å². The molecule has 0 aromatic heterocycles. The predicted molar refractivity (Wildman–Crippen MR) is 45.7 cm³/mol. The van der Waals surface area contributed by atoms with Crippen LogP contribution in [-0.2, 0) is 10.2 Å². The Hall–Kier alpha value is -0.440. The van der Waals surface area contributed by atoms with E-state index in [1.807, 2.05) is 4.83 Å². The van der Waals surface area contributed by atoms with Crippen LogP contribution in [0.3, 0.4) is 0 Å². The van der Waals surface area contributed by atoms with Crippen LogP contribution in [0.4, 0.5) is 0 Å². The Bertz CT molecular complexity index is 234. The minimum Gasteiger partial charge on any atom is -0.375 e. The van der Waals surface area contributed by atoms with Crippen LogP contribution in [0, 0.1) is 0 Å². The van der Waals surface area contributed by atoms with Crippen molar-refractivity contribution in [3.63, 3.8) is 0 Å². The van der Waals surface area contributed by atoms with Gasteiger partial charge in [0.1, 0.15) is 0 Å². The van der Waals surface area contributed by atoms with E-state index in [1.165, 1.54) is 14.1 Å². The Morgan fingerprint density at radius 2 is 2.00 bits per heavy atom. The van der Waals surface area contributed by atoms with E-state index in [-0.39, 0.29) is 5.11 Å². The first-order chi connectivity index (χ1) is 4.86. The number of nitrogens with two attached hydrogens (primary N) is 1. The van der Waals surface area contributed by atoms with Gasteiger partial charge in [0.05, 0.1) is 0 Å². The molecule has 4 N–H and O–H groups in total. The molecular weight excluding hydrogens is 188 g/mol. The van der Waals surface area contributed by atoms with Gasteiger partial charge in [-0.05, 0) is 12.2 Å². The molecule has 0 radical (unpaired) electrons. The Morgan fingerprint density at radius 1 is 1.55 bits per heavy atom. The van der Waals surface area contributed by atoms with E-state index in [0.29, 0.717) is 0 Å². The number of rotatable bonds is 3. The van der Waals surface area contributed by atoms with Crippen molar-refractivity contribution in [1.82, 2.24) is 14.6 Å². The summed E-state index contributed by atoms with van der Waals surface area (Å²) in [5.74, 6) is 0. The number of hydrogen-bond donors (Lipinski definition) is 3. The standard InChI is InChI=1S/C3H10N4O2S2/c1-7(2)11(8,9)6-5-3(4)10/h6H,1-2H3,(H3,4,5,10). The van der Waals surface area contributed by atoms with Crippen molar-refractivity contribution in [2.24, 2.45) is 5.73 Å². The fraction of sp³-hybridized carbons (Fsp3) is 0.667. The van der Waals surface area contributed by atoms with Crippen molar-refractivity contribution in [3.05, 3.63) is 0 Å². The summed E-state index contributed by atoms with van der Waals surface area (Å²) in [5.41, 5.74) is 7.07. The van der Waals surface area contributed by atoms with Crippen molar-refractivity contribution in [2.45, 2.75) is 0 Å². The molecule has 0 amide bonds. The molecule has 0 aliphatic rings. The summed E-state index contributed by atoms with van der Waals surface area (Å²) in [6, 6.07) is 0. The maximum Gasteiger partial charge on any atom is 0.295 e. The van der Waals surface area contributed by atoms with Crippen molar-refractivity contribution in [3.8, 4) is 0 Å². The van der Waals surface area contributed by atoms with Crippen LogP contribution in [0.1, 0.15) is 0 Å². The Kier molecular flexibility index (Phi) is 3.66. The molecule has 0 fully saturated rings. The zero-order chi connectivity index (χ0) is 9.07. The van der Waals surface area contributed by atoms with Crippen molar-refractivity contribution in [1.29, 1.82) is 0 Å². The summed E-state index contributed by atoms with van der Waals surface area (Å²) in [7, 11) is -0.731. The Balaban J connectivity index is 4.05. The molecule has 0 unspecified atom stereocenters. The lowest BCUT2D eigenvalue weighted by Gasteiger charge is -2.12. The Labute approximate surface area is 70.9 Å². The zero-order valence-corrected chi connectivity index (χ0v) is 7.79. The van der Waals surface area contributed by atoms with Gasteiger partial charge in [-0.1, -0.05) is 0 Å². The van der Waals surface area contributed by atoms with Gasteiger partial charge in [0.15, 0.2) is 5.11 Å². The average Bonchev–Trinajstić information content (AvgIpc) is 1.84. The minimum atomic E-state index is -3.49. The smallest absolute Gasteiger partial charge is 0.295 e. The van der Waals surface area contributed by atoms with Crippen LogP contribution in [0.5, 0.6) is 0 Å². The molecule has 0 saturated heterocycles. The maximum atomic E-state index is 10.9. The Morgan fingerprint density at radius 3 is 2.27 bits per heavy atom. The van der Waals surface area contributed by atoms with E-state index in [4.69, 9.17) is 5.73 Å². The summed E-state index contributed by atoms with van der Waals surface area (Å²) in [6.45, 7) is 0. The van der Waals surface area contributed by atoms with Gasteiger partial charge in [0.2, 0.25) is 0 Å². The molecule has 0 aliphatic heterocycles. The molecule has 6 nitrogen and oxygen atoms in total. The molecule has 0 aromatic rings. The lowest BCUT2D eigenvalue weighted by molar-refractivity contribution is 0.502. The van der Waals surface area contributed by atoms with E-state index in [0.717, 1.165) is 4.31 Å². The van der Waals surface area contributed by atoms with Crippen LogP contribution < -0.4 is 16.0 Å². The molecule has 0 aromatic carbocycles. The lowest BCUT2D eigenvalue weighted by atomic mass is 11.2. The monoisotopic (exact) mass is 198 g/mol. The molecule has 0 saturated carbocycles. The minimum absolute atomic E-state index is 0.129. The van der Waals surface area contributed by atoms with Crippen molar-refractivity contribution < 1.29 is 8.42 Å². The summed E-state index contributed by atoms with van der Waals surface area (Å²) < 4.78 is 22.7. The summed E-state index contributed by atoms with van der Waals surface area (Å²) in [4.78, 5) is 1.94. The normalized spacial score (nSPS) is 11.5. The lowest BCUT2D eigenvalue weighted by Crippen LogP contribution is -2.48. The number of nitrogens with zero attached hydrogens (tertiary/aromatic N) is 1. The predicted octanol–water partition coefficient (Wildman–Crippen LogP) is -1.87. The fourth-order valence-electron chi connectivity index (χ4n) is 0.206. The van der Waals surface area contributed by atoms with Gasteiger partial charge in [-0.15, -0.1) is 4.83 Å². The second-order valence-corrected chi connectivity index (χ2v) is 4.20. The number of nitrogens with one attached hydrogen (secondary N) is 2. The van der Waals surface area contributed by atoms with Gasteiger partial charge in [-0.25, -0.2) is 0 Å². The summed E-state index contributed by atoms with van der Waals surface area (Å²) in [5, 5.41) is -0.129. The molecule has 11 heavy (non-hydrogen) atoms. The molecule has 0 heterocycles. The van der Waals surface area contributed by atoms with Gasteiger partial charge >= 0.3 is 0 Å². The molecule has 66 valence electrons. The van der Waals surface area contributed by atoms with Gasteiger partial charge in [-0.2, -0.15) is 12.7 Å². The van der Waals surface area contributed by atoms with Crippen LogP contribution in [0.2, 0.25) is 0 Å². The van der Waals surface area contributed by atoms with E-state index in [2.05, 4.69) is 17.6 Å². The highest BCUT2D eigenvalue weighted by Crippen LogP contribution is 1.83. The highest BCUT2D eigenvalue weighted by Gasteiger charge is 2.11. The van der Waals surface area contributed by atoms with Crippen LogP contribution in [-0.4, -0.2) is 31.9 Å². The number of hydrogen-bond acceptors (Lipinski definition) is 3. The summed E-state index contributed by atoms with van der Waals surface area (Å²) in [6.07, 6.45) is 0. The van der Waals surface area contributed by atoms with Gasteiger partial charge in [0, 0.05) is 14.1 Å². The molecule has 0 rings (SSSR count). The SMILES string of the molecule is CN(C)S(=O)(=O)NNC(N)=S. The van der Waals surface area contributed by atoms with E-state index in [9.17, 15) is 8.42 Å². The van der Waals surface area contributed by atoms with Crippen LogP contribution in [0.15, 0.2) is 0 Å². The van der Waals surface area contributed by atoms with E-state index in [1.54, 1.807) is 0 Å². The molecule has 0 spiro atoms. The third-order valence-electron chi connectivity index (χ3n) is 0.784. The first-order valence-corrected chi connectivity index (χ1v) is 4.46.